The number of rotatable bonds is 1. The van der Waals surface area contributed by atoms with Crippen molar-refractivity contribution in [2.45, 2.75) is 52.2 Å². The van der Waals surface area contributed by atoms with Crippen molar-refractivity contribution < 1.29 is 0 Å². The van der Waals surface area contributed by atoms with Gasteiger partial charge in [0.05, 0.1) is 0 Å². The molecule has 0 N–H and O–H groups in total. The van der Waals surface area contributed by atoms with Crippen LogP contribution in [0.15, 0.2) is 0 Å². The van der Waals surface area contributed by atoms with Crippen LogP contribution in [0, 0.1) is 0 Å². The first-order chi connectivity index (χ1) is 6.18. The summed E-state index contributed by atoms with van der Waals surface area (Å²) in [4.78, 5) is 5.15. The number of likely N-dealkylation sites (N-methyl/N-ethyl adjacent to an activating group) is 1. The fraction of sp³-hybridized carbons (Fsp3) is 1.00. The molecule has 2 nitrogen and oxygen atoms in total. The molecule has 78 valence electrons. The minimum absolute atomic E-state index is 0.749. The van der Waals surface area contributed by atoms with E-state index in [-0.39, 0.29) is 0 Å². The second kappa shape index (κ2) is 4.43. The zero-order valence-electron chi connectivity index (χ0n) is 9.75. The van der Waals surface area contributed by atoms with Gasteiger partial charge in [-0.3, -0.25) is 4.90 Å². The second-order valence-corrected chi connectivity index (χ2v) is 4.27. The van der Waals surface area contributed by atoms with Crippen LogP contribution in [-0.4, -0.2) is 48.1 Å². The van der Waals surface area contributed by atoms with Crippen LogP contribution in [0.4, 0.5) is 0 Å². The van der Waals surface area contributed by atoms with Crippen LogP contribution < -0.4 is 0 Å². The Kier molecular flexibility index (Phi) is 3.74. The summed E-state index contributed by atoms with van der Waals surface area (Å²) in [5.41, 5.74) is 0. The van der Waals surface area contributed by atoms with E-state index >= 15 is 0 Å². The minimum Gasteiger partial charge on any atom is -0.301 e. The zero-order valence-corrected chi connectivity index (χ0v) is 9.75. The molecule has 0 saturated carbocycles. The molecule has 0 aromatic rings. The topological polar surface area (TPSA) is 6.48 Å². The van der Waals surface area contributed by atoms with Gasteiger partial charge in [0.15, 0.2) is 0 Å². The van der Waals surface area contributed by atoms with Gasteiger partial charge in [-0.05, 0) is 27.3 Å². The molecule has 0 aromatic heterocycles. The third-order valence-corrected chi connectivity index (χ3v) is 3.22. The maximum Gasteiger partial charge on any atom is 0.0241 e. The lowest BCUT2D eigenvalue weighted by molar-refractivity contribution is 0.121. The number of piperazine rings is 1. The molecule has 0 spiro atoms. The molecule has 0 aromatic carbocycles. The molecule has 2 unspecified atom stereocenters. The van der Waals surface area contributed by atoms with Crippen molar-refractivity contribution >= 4 is 0 Å². The summed E-state index contributed by atoms with van der Waals surface area (Å²) in [5.74, 6) is 0. The van der Waals surface area contributed by atoms with Crippen LogP contribution in [0.2, 0.25) is 0 Å². The summed E-state index contributed by atoms with van der Waals surface area (Å²) < 4.78 is 0. The Labute approximate surface area is 82.9 Å². The van der Waals surface area contributed by atoms with Gasteiger partial charge in [0.2, 0.25) is 0 Å². The van der Waals surface area contributed by atoms with E-state index in [1.165, 1.54) is 19.5 Å². The quantitative estimate of drug-likeness (QED) is 0.613. The van der Waals surface area contributed by atoms with Crippen molar-refractivity contribution in [1.29, 1.82) is 0 Å². The predicted octanol–water partition coefficient (Wildman–Crippen LogP) is 1.81. The highest BCUT2D eigenvalue weighted by Gasteiger charge is 2.41. The van der Waals surface area contributed by atoms with Gasteiger partial charge in [0.1, 0.15) is 0 Å². The Balaban J connectivity index is 0.000000396. The first-order valence-electron chi connectivity index (χ1n) is 5.64. The molecule has 2 aliphatic heterocycles. The third-order valence-electron chi connectivity index (χ3n) is 3.22. The molecule has 2 aliphatic rings. The van der Waals surface area contributed by atoms with Crippen LogP contribution in [0.5, 0.6) is 0 Å². The van der Waals surface area contributed by atoms with Crippen LogP contribution in [-0.2, 0) is 0 Å². The lowest BCUT2D eigenvalue weighted by atomic mass is 10.2. The van der Waals surface area contributed by atoms with Gasteiger partial charge in [-0.2, -0.15) is 0 Å². The normalized spacial score (nSPS) is 33.7. The molecular formula is C11H24N2. The molecule has 0 amide bonds. The number of nitrogens with zero attached hydrogens (tertiary/aromatic N) is 2. The number of likely N-dealkylation sites (tertiary alicyclic amines) is 2. The smallest absolute Gasteiger partial charge is 0.0241 e. The highest BCUT2D eigenvalue weighted by molar-refractivity contribution is 4.99. The lowest BCUT2D eigenvalue weighted by Crippen LogP contribution is -2.47. The van der Waals surface area contributed by atoms with E-state index in [4.69, 9.17) is 0 Å². The molecule has 2 saturated heterocycles. The molecule has 2 bridgehead atoms. The van der Waals surface area contributed by atoms with Gasteiger partial charge in [-0.1, -0.05) is 13.8 Å². The Morgan fingerprint density at radius 3 is 2.00 bits per heavy atom. The standard InChI is InChI=1S/C9H18N2.C2H6/c1-7(2)11-6-8-4-9(11)5-10(8)3;1-2/h7-9H,4-6H2,1-3H3;1-2H3. The van der Waals surface area contributed by atoms with Crippen LogP contribution in [0.1, 0.15) is 34.1 Å². The molecule has 2 heteroatoms. The molecule has 13 heavy (non-hydrogen) atoms. The molecule has 0 radical (unpaired) electrons. The molecule has 2 atom stereocenters. The number of hydrogen-bond acceptors (Lipinski definition) is 2. The molecule has 2 rings (SSSR count). The fourth-order valence-corrected chi connectivity index (χ4v) is 2.53. The monoisotopic (exact) mass is 184 g/mol. The lowest BCUT2D eigenvalue weighted by Gasteiger charge is -2.34. The summed E-state index contributed by atoms with van der Waals surface area (Å²) >= 11 is 0. The second-order valence-electron chi connectivity index (χ2n) is 4.27. The predicted molar refractivity (Wildman–Crippen MR) is 58.0 cm³/mol. The summed E-state index contributed by atoms with van der Waals surface area (Å²) in [6.45, 7) is 11.2. The van der Waals surface area contributed by atoms with Gasteiger partial charge in [0.25, 0.3) is 0 Å². The third kappa shape index (κ3) is 2.05. The average Bonchev–Trinajstić information content (AvgIpc) is 2.65. The highest BCUT2D eigenvalue weighted by Crippen LogP contribution is 2.30. The Morgan fingerprint density at radius 2 is 1.69 bits per heavy atom. The fourth-order valence-electron chi connectivity index (χ4n) is 2.53. The maximum absolute atomic E-state index is 2.64. The van der Waals surface area contributed by atoms with Gasteiger partial charge in [-0.25, -0.2) is 0 Å². The highest BCUT2D eigenvalue weighted by atomic mass is 15.3. The van der Waals surface area contributed by atoms with Crippen molar-refractivity contribution in [3.8, 4) is 0 Å². The largest absolute Gasteiger partial charge is 0.301 e. The van der Waals surface area contributed by atoms with E-state index in [1.807, 2.05) is 13.8 Å². The van der Waals surface area contributed by atoms with Crippen molar-refractivity contribution in [2.75, 3.05) is 20.1 Å². The maximum atomic E-state index is 2.64. The van der Waals surface area contributed by atoms with Crippen molar-refractivity contribution in [3.63, 3.8) is 0 Å². The van der Waals surface area contributed by atoms with Crippen molar-refractivity contribution in [2.24, 2.45) is 0 Å². The van der Waals surface area contributed by atoms with E-state index in [0.717, 1.165) is 18.1 Å². The molecule has 2 fully saturated rings. The first kappa shape index (κ1) is 11.0. The van der Waals surface area contributed by atoms with Crippen molar-refractivity contribution in [3.05, 3.63) is 0 Å². The van der Waals surface area contributed by atoms with Crippen LogP contribution in [0.3, 0.4) is 0 Å². The van der Waals surface area contributed by atoms with Gasteiger partial charge in [0, 0.05) is 31.2 Å². The molecular weight excluding hydrogens is 160 g/mol. The minimum atomic E-state index is 0.749. The SMILES string of the molecule is CC.CC(C)N1CC2CC1CN2C. The van der Waals surface area contributed by atoms with Gasteiger partial charge in [-0.15, -0.1) is 0 Å². The number of hydrogen-bond donors (Lipinski definition) is 0. The number of fused-ring (bicyclic) bond motifs is 2. The van der Waals surface area contributed by atoms with Crippen LogP contribution >= 0.6 is 0 Å². The van der Waals surface area contributed by atoms with Crippen molar-refractivity contribution in [1.82, 2.24) is 9.80 Å². The van der Waals surface area contributed by atoms with E-state index in [1.54, 1.807) is 0 Å². The Bertz CT molecular complexity index is 154. The summed E-state index contributed by atoms with van der Waals surface area (Å²) in [7, 11) is 2.25. The van der Waals surface area contributed by atoms with Gasteiger partial charge < -0.3 is 4.90 Å². The molecule has 0 aliphatic carbocycles. The summed E-state index contributed by atoms with van der Waals surface area (Å²) in [5, 5.41) is 0. The molecule has 2 heterocycles. The zero-order chi connectivity index (χ0) is 10.0. The van der Waals surface area contributed by atoms with Crippen LogP contribution in [0.25, 0.3) is 0 Å². The van der Waals surface area contributed by atoms with E-state index in [0.29, 0.717) is 0 Å². The van der Waals surface area contributed by atoms with E-state index in [2.05, 4.69) is 30.7 Å². The summed E-state index contributed by atoms with van der Waals surface area (Å²) in [6, 6.07) is 2.48. The average molecular weight is 184 g/mol. The van der Waals surface area contributed by atoms with Gasteiger partial charge >= 0.3 is 0 Å². The van der Waals surface area contributed by atoms with E-state index < -0.39 is 0 Å². The Hall–Kier alpha value is -0.0800. The Morgan fingerprint density at radius 1 is 1.08 bits per heavy atom. The summed E-state index contributed by atoms with van der Waals surface area (Å²) in [6.07, 6.45) is 1.41. The van der Waals surface area contributed by atoms with E-state index in [9.17, 15) is 0 Å². The first-order valence-corrected chi connectivity index (χ1v) is 5.64.